The highest BCUT2D eigenvalue weighted by atomic mass is 16.4. The van der Waals surface area contributed by atoms with Gasteiger partial charge in [-0.2, -0.15) is 0 Å². The second-order valence-corrected chi connectivity index (χ2v) is 7.71. The molecule has 0 aromatic heterocycles. The first-order valence-corrected chi connectivity index (χ1v) is 11.2. The molecule has 1 rings (SSSR count). The lowest BCUT2D eigenvalue weighted by atomic mass is 10.0. The fourth-order valence-electron chi connectivity index (χ4n) is 3.18. The quantitative estimate of drug-likeness (QED) is 0.232. The summed E-state index contributed by atoms with van der Waals surface area (Å²) in [4.78, 5) is 40.9. The lowest BCUT2D eigenvalue weighted by Gasteiger charge is -2.03. The van der Waals surface area contributed by atoms with Crippen LogP contribution in [0.15, 0.2) is 0 Å². The molecule has 1 heterocycles. The monoisotopic (exact) mass is 413 g/mol. The molecule has 0 saturated carbocycles. The van der Waals surface area contributed by atoms with Crippen molar-refractivity contribution in [2.75, 3.05) is 0 Å². The normalized spacial score (nSPS) is 13.0. The van der Waals surface area contributed by atoms with Crippen molar-refractivity contribution in [1.29, 1.82) is 0 Å². The summed E-state index contributed by atoms with van der Waals surface area (Å²) in [5.74, 6) is -1.65. The average molecular weight is 414 g/mol. The number of amides is 2. The molecular weight excluding hydrogens is 374 g/mol. The fourth-order valence-corrected chi connectivity index (χ4v) is 3.18. The Bertz CT molecular complexity index is 436. The van der Waals surface area contributed by atoms with Crippen molar-refractivity contribution in [1.82, 2.24) is 5.32 Å². The molecule has 1 aliphatic rings. The maximum absolute atomic E-state index is 10.3. The van der Waals surface area contributed by atoms with Crippen molar-refractivity contribution in [2.24, 2.45) is 0 Å². The van der Waals surface area contributed by atoms with Gasteiger partial charge in [-0.05, 0) is 12.8 Å². The molecule has 0 radical (unpaired) electrons. The maximum atomic E-state index is 10.3. The van der Waals surface area contributed by atoms with E-state index in [9.17, 15) is 19.2 Å². The van der Waals surface area contributed by atoms with Crippen molar-refractivity contribution in [2.45, 2.75) is 116 Å². The summed E-state index contributed by atoms with van der Waals surface area (Å²) in [5.41, 5.74) is 0. The number of carboxylic acids is 2. The molecule has 0 unspecified atom stereocenters. The number of aliphatic carboxylic acids is 2. The Morgan fingerprint density at radius 2 is 0.793 bits per heavy atom. The number of hydrogen-bond acceptors (Lipinski definition) is 4. The van der Waals surface area contributed by atoms with E-state index in [-0.39, 0.29) is 11.8 Å². The minimum absolute atomic E-state index is 0.148. The van der Waals surface area contributed by atoms with Gasteiger partial charge in [0.1, 0.15) is 0 Å². The molecule has 1 aliphatic heterocycles. The topological polar surface area (TPSA) is 121 Å². The van der Waals surface area contributed by atoms with Gasteiger partial charge in [0.15, 0.2) is 0 Å². The molecule has 2 amide bonds. The summed E-state index contributed by atoms with van der Waals surface area (Å²) >= 11 is 0. The first kappa shape index (κ1) is 27.1. The number of carbonyl (C=O) groups excluding carboxylic acids is 2. The number of unbranched alkanes of at least 4 members (excludes halogenated alkanes) is 13. The zero-order valence-corrected chi connectivity index (χ0v) is 17.8. The fraction of sp³-hybridized carbons (Fsp3) is 0.818. The third kappa shape index (κ3) is 22.2. The molecule has 1 fully saturated rings. The number of rotatable bonds is 17. The van der Waals surface area contributed by atoms with Crippen LogP contribution in [0.3, 0.4) is 0 Å². The highest BCUT2D eigenvalue weighted by molar-refractivity contribution is 6.01. The molecule has 0 aliphatic carbocycles. The van der Waals surface area contributed by atoms with Gasteiger partial charge >= 0.3 is 11.9 Å². The summed E-state index contributed by atoms with van der Waals surface area (Å²) in [7, 11) is 0. The Morgan fingerprint density at radius 3 is 0.966 bits per heavy atom. The average Bonchev–Trinajstić information content (AvgIpc) is 3.04. The Morgan fingerprint density at radius 1 is 0.552 bits per heavy atom. The summed E-state index contributed by atoms with van der Waals surface area (Å²) in [6.45, 7) is 0. The van der Waals surface area contributed by atoms with Crippen LogP contribution in [-0.2, 0) is 19.2 Å². The van der Waals surface area contributed by atoms with E-state index in [0.717, 1.165) is 25.7 Å². The van der Waals surface area contributed by atoms with E-state index in [1.54, 1.807) is 0 Å². The molecule has 3 N–H and O–H groups in total. The first-order chi connectivity index (χ1) is 13.9. The Kier molecular flexibility index (Phi) is 18.1. The van der Waals surface area contributed by atoms with Crippen molar-refractivity contribution in [3.8, 4) is 0 Å². The number of imide groups is 1. The second kappa shape index (κ2) is 19.4. The van der Waals surface area contributed by atoms with Gasteiger partial charge in [-0.3, -0.25) is 24.5 Å². The molecule has 1 saturated heterocycles. The predicted octanol–water partition coefficient (Wildman–Crippen LogP) is 4.82. The van der Waals surface area contributed by atoms with Crippen LogP contribution in [0.2, 0.25) is 0 Å². The van der Waals surface area contributed by atoms with Crippen molar-refractivity contribution in [3.05, 3.63) is 0 Å². The Hall–Kier alpha value is -1.92. The SMILES string of the molecule is O=C(O)CCCCCCCCCCCCCCCCC(=O)O.O=C1CCC(=O)N1. The molecular formula is C22H39NO6. The summed E-state index contributed by atoms with van der Waals surface area (Å²) in [6, 6.07) is 0. The van der Waals surface area contributed by atoms with E-state index in [0.29, 0.717) is 25.7 Å². The molecule has 0 aromatic carbocycles. The van der Waals surface area contributed by atoms with Gasteiger partial charge in [0.2, 0.25) is 11.8 Å². The van der Waals surface area contributed by atoms with Crippen LogP contribution in [0.1, 0.15) is 116 Å². The first-order valence-electron chi connectivity index (χ1n) is 11.2. The van der Waals surface area contributed by atoms with Gasteiger partial charge in [0.25, 0.3) is 0 Å². The highest BCUT2D eigenvalue weighted by Crippen LogP contribution is 2.13. The van der Waals surface area contributed by atoms with E-state index in [2.05, 4.69) is 5.32 Å². The lowest BCUT2D eigenvalue weighted by molar-refractivity contribution is -0.138. The van der Waals surface area contributed by atoms with E-state index in [1.165, 1.54) is 64.2 Å². The maximum Gasteiger partial charge on any atom is 0.303 e. The smallest absolute Gasteiger partial charge is 0.303 e. The summed E-state index contributed by atoms with van der Waals surface area (Å²) < 4.78 is 0. The van der Waals surface area contributed by atoms with E-state index in [1.807, 2.05) is 0 Å². The van der Waals surface area contributed by atoms with Gasteiger partial charge in [-0.25, -0.2) is 0 Å². The van der Waals surface area contributed by atoms with Gasteiger partial charge in [0, 0.05) is 25.7 Å². The Balaban J connectivity index is 0.000000929. The van der Waals surface area contributed by atoms with Crippen LogP contribution in [0, 0.1) is 0 Å². The lowest BCUT2D eigenvalue weighted by Crippen LogP contribution is -2.18. The molecule has 7 nitrogen and oxygen atoms in total. The van der Waals surface area contributed by atoms with Gasteiger partial charge in [0.05, 0.1) is 0 Å². The van der Waals surface area contributed by atoms with E-state index in [4.69, 9.17) is 10.2 Å². The van der Waals surface area contributed by atoms with Crippen LogP contribution < -0.4 is 5.32 Å². The number of carboxylic acid groups (broad SMARTS) is 2. The zero-order chi connectivity index (χ0) is 21.7. The molecule has 0 aromatic rings. The number of hydrogen-bond donors (Lipinski definition) is 3. The molecule has 7 heteroatoms. The molecule has 0 atom stereocenters. The van der Waals surface area contributed by atoms with Gasteiger partial charge in [-0.1, -0.05) is 77.0 Å². The Labute approximate surface area is 174 Å². The van der Waals surface area contributed by atoms with Crippen LogP contribution >= 0.6 is 0 Å². The third-order valence-corrected chi connectivity index (χ3v) is 4.89. The molecule has 29 heavy (non-hydrogen) atoms. The van der Waals surface area contributed by atoms with Crippen LogP contribution in [0.4, 0.5) is 0 Å². The molecule has 0 spiro atoms. The predicted molar refractivity (Wildman–Crippen MR) is 112 cm³/mol. The third-order valence-electron chi connectivity index (χ3n) is 4.89. The second-order valence-electron chi connectivity index (χ2n) is 7.71. The standard InChI is InChI=1S/C18H34O4.C4H5NO2/c19-17(20)15-13-11-9-7-5-3-1-2-4-6-8-10-12-14-16-18(21)22;6-3-1-2-4(7)5-3/h1-16H2,(H,19,20)(H,21,22);1-2H2,(H,5,6,7). The van der Waals surface area contributed by atoms with E-state index >= 15 is 0 Å². The van der Waals surface area contributed by atoms with Crippen molar-refractivity contribution < 1.29 is 29.4 Å². The zero-order valence-electron chi connectivity index (χ0n) is 17.8. The summed E-state index contributed by atoms with van der Waals surface area (Å²) in [6.07, 6.45) is 17.7. The van der Waals surface area contributed by atoms with Crippen molar-refractivity contribution in [3.63, 3.8) is 0 Å². The number of carbonyl (C=O) groups is 4. The highest BCUT2D eigenvalue weighted by Gasteiger charge is 2.15. The van der Waals surface area contributed by atoms with E-state index < -0.39 is 11.9 Å². The summed E-state index contributed by atoms with van der Waals surface area (Å²) in [5, 5.41) is 19.2. The number of nitrogens with one attached hydrogen (secondary N) is 1. The molecule has 0 bridgehead atoms. The largest absolute Gasteiger partial charge is 0.481 e. The van der Waals surface area contributed by atoms with Crippen molar-refractivity contribution >= 4 is 23.8 Å². The minimum atomic E-state index is -0.679. The molecule has 168 valence electrons. The van der Waals surface area contributed by atoms with Gasteiger partial charge < -0.3 is 10.2 Å². The minimum Gasteiger partial charge on any atom is -0.481 e. The van der Waals surface area contributed by atoms with Gasteiger partial charge in [-0.15, -0.1) is 0 Å². The van der Waals surface area contributed by atoms with Crippen LogP contribution in [-0.4, -0.2) is 34.0 Å². The van der Waals surface area contributed by atoms with Crippen LogP contribution in [0.25, 0.3) is 0 Å². The van der Waals surface area contributed by atoms with Crippen LogP contribution in [0.5, 0.6) is 0 Å².